The molecular weight excluding hydrogens is 457 g/mol. The third-order valence-electron chi connectivity index (χ3n) is 4.84. The summed E-state index contributed by atoms with van der Waals surface area (Å²) in [6.45, 7) is 1.23. The normalized spacial score (nSPS) is 15.0. The number of sulfonamides is 1. The Morgan fingerprint density at radius 2 is 2.10 bits per heavy atom. The maximum atomic E-state index is 13.1. The molecule has 0 amide bonds. The second kappa shape index (κ2) is 7.98. The van der Waals surface area contributed by atoms with E-state index in [2.05, 4.69) is 4.98 Å². The molecule has 0 aliphatic carbocycles. The van der Waals surface area contributed by atoms with E-state index in [-0.39, 0.29) is 28.6 Å². The molecular formula is C18H17Cl2N3O4S2. The van der Waals surface area contributed by atoms with E-state index in [0.29, 0.717) is 34.8 Å². The Labute approximate surface area is 181 Å². The molecule has 0 fully saturated rings. The molecule has 3 heterocycles. The second-order valence-corrected chi connectivity index (χ2v) is 10.4. The minimum Gasteiger partial charge on any atom is -0.383 e. The highest BCUT2D eigenvalue weighted by atomic mass is 35.5. The molecule has 0 saturated carbocycles. The van der Waals surface area contributed by atoms with Crippen LogP contribution in [-0.2, 0) is 34.3 Å². The number of ether oxygens (including phenoxy) is 1. The summed E-state index contributed by atoms with van der Waals surface area (Å²) in [7, 11) is -2.25. The van der Waals surface area contributed by atoms with E-state index in [1.807, 2.05) is 0 Å². The van der Waals surface area contributed by atoms with E-state index in [1.54, 1.807) is 13.2 Å². The molecule has 0 atom stereocenters. The first-order valence-corrected chi connectivity index (χ1v) is 11.8. The molecule has 3 aromatic rings. The van der Waals surface area contributed by atoms with E-state index < -0.39 is 10.0 Å². The maximum Gasteiger partial charge on any atom is 0.262 e. The number of nitrogens with zero attached hydrogens (tertiary/aromatic N) is 3. The van der Waals surface area contributed by atoms with Crippen molar-refractivity contribution in [3.05, 3.63) is 55.4 Å². The highest BCUT2D eigenvalue weighted by molar-refractivity contribution is 7.89. The Hall–Kier alpha value is -1.49. The monoisotopic (exact) mass is 473 g/mol. The van der Waals surface area contributed by atoms with Crippen molar-refractivity contribution in [2.24, 2.45) is 0 Å². The summed E-state index contributed by atoms with van der Waals surface area (Å²) in [5.41, 5.74) is 0.747. The smallest absolute Gasteiger partial charge is 0.262 e. The third-order valence-corrected chi connectivity index (χ3v) is 8.53. The molecule has 0 unspecified atom stereocenters. The van der Waals surface area contributed by atoms with E-state index in [1.165, 1.54) is 38.7 Å². The number of hydrogen-bond acceptors (Lipinski definition) is 6. The Balaban J connectivity index is 1.72. The molecule has 2 aromatic heterocycles. The van der Waals surface area contributed by atoms with Crippen LogP contribution in [0, 0.1) is 0 Å². The fourth-order valence-corrected chi connectivity index (χ4v) is 6.78. The number of hydrogen-bond donors (Lipinski definition) is 0. The van der Waals surface area contributed by atoms with Crippen molar-refractivity contribution < 1.29 is 13.2 Å². The van der Waals surface area contributed by atoms with Gasteiger partial charge in [0.15, 0.2) is 0 Å². The largest absolute Gasteiger partial charge is 0.383 e. The van der Waals surface area contributed by atoms with Gasteiger partial charge in [-0.2, -0.15) is 4.31 Å². The van der Waals surface area contributed by atoms with Gasteiger partial charge in [-0.05, 0) is 30.2 Å². The van der Waals surface area contributed by atoms with Gasteiger partial charge in [0.25, 0.3) is 5.56 Å². The van der Waals surface area contributed by atoms with Crippen LogP contribution >= 0.6 is 34.5 Å². The molecule has 0 spiro atoms. The van der Waals surface area contributed by atoms with E-state index in [9.17, 15) is 13.2 Å². The highest BCUT2D eigenvalue weighted by Crippen LogP contribution is 2.36. The lowest BCUT2D eigenvalue weighted by Crippen LogP contribution is -2.35. The molecule has 154 valence electrons. The molecule has 0 radical (unpaired) electrons. The van der Waals surface area contributed by atoms with Crippen LogP contribution in [-0.4, -0.2) is 42.5 Å². The molecule has 4 rings (SSSR count). The van der Waals surface area contributed by atoms with Crippen molar-refractivity contribution in [3.63, 3.8) is 0 Å². The minimum absolute atomic E-state index is 0.0173. The molecule has 0 bridgehead atoms. The summed E-state index contributed by atoms with van der Waals surface area (Å²) >= 11 is 13.4. The summed E-state index contributed by atoms with van der Waals surface area (Å²) < 4.78 is 34.2. The zero-order valence-corrected chi connectivity index (χ0v) is 18.5. The summed E-state index contributed by atoms with van der Waals surface area (Å²) in [5, 5.41) is 0.994. The second-order valence-electron chi connectivity index (χ2n) is 6.58. The number of methoxy groups -OCH3 is 1. The van der Waals surface area contributed by atoms with E-state index >= 15 is 0 Å². The predicted octanol–water partition coefficient (Wildman–Crippen LogP) is 3.16. The molecule has 1 aliphatic rings. The summed E-state index contributed by atoms with van der Waals surface area (Å²) in [4.78, 5) is 18.7. The Morgan fingerprint density at radius 3 is 2.86 bits per heavy atom. The first-order valence-electron chi connectivity index (χ1n) is 8.76. The van der Waals surface area contributed by atoms with Crippen LogP contribution in [0.2, 0.25) is 10.0 Å². The Bertz CT molecular complexity index is 1250. The lowest BCUT2D eigenvalue weighted by Gasteiger charge is -2.26. The number of fused-ring (bicyclic) bond motifs is 3. The van der Waals surface area contributed by atoms with Gasteiger partial charge in [-0.1, -0.05) is 23.2 Å². The molecule has 0 saturated heterocycles. The summed E-state index contributed by atoms with van der Waals surface area (Å²) in [6.07, 6.45) is 1.93. The number of benzene rings is 1. The average molecular weight is 474 g/mol. The fraction of sp³-hybridized carbons (Fsp3) is 0.333. The topological polar surface area (TPSA) is 81.5 Å². The van der Waals surface area contributed by atoms with Gasteiger partial charge < -0.3 is 4.74 Å². The van der Waals surface area contributed by atoms with Crippen LogP contribution < -0.4 is 5.56 Å². The quantitative estimate of drug-likeness (QED) is 0.568. The number of rotatable bonds is 5. The van der Waals surface area contributed by atoms with Crippen molar-refractivity contribution >= 4 is 54.8 Å². The van der Waals surface area contributed by atoms with Crippen molar-refractivity contribution in [2.45, 2.75) is 24.4 Å². The first-order chi connectivity index (χ1) is 13.8. The number of aromatic nitrogens is 2. The summed E-state index contributed by atoms with van der Waals surface area (Å²) in [6, 6.07) is 4.37. The van der Waals surface area contributed by atoms with Crippen molar-refractivity contribution in [1.29, 1.82) is 0 Å². The lowest BCUT2D eigenvalue weighted by molar-refractivity contribution is 0.186. The van der Waals surface area contributed by atoms with Crippen LogP contribution in [0.1, 0.15) is 10.4 Å². The van der Waals surface area contributed by atoms with Crippen LogP contribution in [0.5, 0.6) is 0 Å². The first kappa shape index (κ1) is 20.8. The van der Waals surface area contributed by atoms with Crippen LogP contribution in [0.3, 0.4) is 0 Å². The number of halogens is 2. The van der Waals surface area contributed by atoms with Gasteiger partial charge in [-0.15, -0.1) is 11.3 Å². The Kier molecular flexibility index (Phi) is 5.71. The zero-order valence-electron chi connectivity index (χ0n) is 15.4. The standard InChI is InChI=1S/C18H17Cl2N3O4S2/c1-27-7-6-22-10-21-17-16(18(22)24)12-4-5-23(9-14(12)28-17)29(25,26)15-8-11(19)2-3-13(15)20/h2-3,8,10H,4-7,9H2,1H3. The molecule has 1 aromatic carbocycles. The molecule has 11 heteroatoms. The van der Waals surface area contributed by atoms with Crippen LogP contribution in [0.15, 0.2) is 34.2 Å². The van der Waals surface area contributed by atoms with Crippen molar-refractivity contribution in [1.82, 2.24) is 13.9 Å². The average Bonchev–Trinajstić information content (AvgIpc) is 3.07. The van der Waals surface area contributed by atoms with Gasteiger partial charge >= 0.3 is 0 Å². The van der Waals surface area contributed by atoms with Crippen LogP contribution in [0.25, 0.3) is 10.2 Å². The Morgan fingerprint density at radius 1 is 1.31 bits per heavy atom. The van der Waals surface area contributed by atoms with Gasteiger partial charge in [0.2, 0.25) is 10.0 Å². The molecule has 0 N–H and O–H groups in total. The highest BCUT2D eigenvalue weighted by Gasteiger charge is 2.32. The minimum atomic E-state index is -3.82. The predicted molar refractivity (Wildman–Crippen MR) is 114 cm³/mol. The van der Waals surface area contributed by atoms with Gasteiger partial charge in [0, 0.05) is 30.1 Å². The molecule has 7 nitrogen and oxygen atoms in total. The third kappa shape index (κ3) is 3.71. The lowest BCUT2D eigenvalue weighted by atomic mass is 10.1. The van der Waals surface area contributed by atoms with Gasteiger partial charge in [0.05, 0.1) is 29.9 Å². The summed E-state index contributed by atoms with van der Waals surface area (Å²) in [5.74, 6) is 0. The van der Waals surface area contributed by atoms with Crippen molar-refractivity contribution in [3.8, 4) is 0 Å². The molecule has 29 heavy (non-hydrogen) atoms. The zero-order chi connectivity index (χ0) is 20.8. The SMILES string of the molecule is COCCn1cnc2sc3c(c2c1=O)CCN(S(=O)(=O)c1cc(Cl)ccc1Cl)C3. The van der Waals surface area contributed by atoms with Gasteiger partial charge in [0.1, 0.15) is 9.73 Å². The van der Waals surface area contributed by atoms with E-state index in [4.69, 9.17) is 27.9 Å². The molecule has 1 aliphatic heterocycles. The fourth-order valence-electron chi connectivity index (χ4n) is 3.36. The van der Waals surface area contributed by atoms with Crippen molar-refractivity contribution in [2.75, 3.05) is 20.3 Å². The van der Waals surface area contributed by atoms with E-state index in [0.717, 1.165) is 10.4 Å². The van der Waals surface area contributed by atoms with Gasteiger partial charge in [-0.25, -0.2) is 13.4 Å². The van der Waals surface area contributed by atoms with Crippen LogP contribution in [0.4, 0.5) is 0 Å². The maximum absolute atomic E-state index is 13.1. The number of thiophene rings is 1. The van der Waals surface area contributed by atoms with Gasteiger partial charge in [-0.3, -0.25) is 9.36 Å².